The molecule has 31 heavy (non-hydrogen) atoms. The van der Waals surface area contributed by atoms with Crippen molar-refractivity contribution in [2.24, 2.45) is 12.9 Å². The van der Waals surface area contributed by atoms with Crippen LogP contribution >= 0.6 is 0 Å². The number of hydrogen-bond acceptors (Lipinski definition) is 7. The molecule has 160 valence electrons. The van der Waals surface area contributed by atoms with E-state index in [2.05, 4.69) is 38.0 Å². The number of nitrogen functional groups attached to an aromatic ring is 1. The lowest BCUT2D eigenvalue weighted by Crippen LogP contribution is -2.56. The first-order valence-corrected chi connectivity index (χ1v) is 10.6. The molecule has 3 aromatic rings. The summed E-state index contributed by atoms with van der Waals surface area (Å²) in [7, 11) is 1.90. The number of benzene rings is 1. The third-order valence-corrected chi connectivity index (χ3v) is 6.33. The van der Waals surface area contributed by atoms with E-state index in [1.807, 2.05) is 37.6 Å². The molecule has 0 bridgehead atoms. The van der Waals surface area contributed by atoms with Gasteiger partial charge in [0.15, 0.2) is 0 Å². The van der Waals surface area contributed by atoms with Crippen LogP contribution in [0.3, 0.4) is 0 Å². The van der Waals surface area contributed by atoms with Crippen LogP contribution in [0.2, 0.25) is 0 Å². The van der Waals surface area contributed by atoms with Crippen LogP contribution in [0.1, 0.15) is 30.5 Å². The highest BCUT2D eigenvalue weighted by atomic mass is 16.5. The van der Waals surface area contributed by atoms with E-state index in [0.717, 1.165) is 78.4 Å². The molecule has 8 nitrogen and oxygen atoms in total. The first-order valence-electron chi connectivity index (χ1n) is 10.6. The molecule has 2 aliphatic rings. The number of aryl methyl sites for hydroxylation is 1. The molecule has 1 atom stereocenters. The Morgan fingerprint density at radius 2 is 2.10 bits per heavy atom. The van der Waals surface area contributed by atoms with Crippen molar-refractivity contribution in [3.63, 3.8) is 0 Å². The monoisotopic (exact) mass is 417 g/mol. The summed E-state index contributed by atoms with van der Waals surface area (Å²) in [6.07, 6.45) is 8.79. The van der Waals surface area contributed by atoms with Crippen LogP contribution in [0.15, 0.2) is 49.6 Å². The number of ether oxygens (including phenoxy) is 1. The first kappa shape index (κ1) is 19.7. The Bertz CT molecular complexity index is 1120. The van der Waals surface area contributed by atoms with Gasteiger partial charge >= 0.3 is 0 Å². The first-order chi connectivity index (χ1) is 15.1. The van der Waals surface area contributed by atoms with E-state index in [4.69, 9.17) is 10.6 Å². The summed E-state index contributed by atoms with van der Waals surface area (Å²) in [5, 5.41) is 4.27. The van der Waals surface area contributed by atoms with Gasteiger partial charge in [-0.05, 0) is 30.5 Å². The smallest absolute Gasteiger partial charge is 0.132 e. The van der Waals surface area contributed by atoms with E-state index in [-0.39, 0.29) is 5.60 Å². The Hall–Kier alpha value is -3.23. The summed E-state index contributed by atoms with van der Waals surface area (Å²) in [4.78, 5) is 11.4. The molecule has 1 unspecified atom stereocenters. The van der Waals surface area contributed by atoms with Crippen LogP contribution in [-0.2, 0) is 11.8 Å². The number of anilines is 2. The number of piperidine rings is 1. The van der Waals surface area contributed by atoms with Crippen molar-refractivity contribution < 1.29 is 4.74 Å². The third kappa shape index (κ3) is 3.68. The molecule has 0 radical (unpaired) electrons. The van der Waals surface area contributed by atoms with Crippen molar-refractivity contribution in [1.82, 2.24) is 19.7 Å². The molecule has 0 aliphatic carbocycles. The fourth-order valence-electron chi connectivity index (χ4n) is 4.50. The van der Waals surface area contributed by atoms with Gasteiger partial charge in [-0.1, -0.05) is 12.6 Å². The predicted molar refractivity (Wildman–Crippen MR) is 121 cm³/mol. The molecule has 1 spiro atoms. The highest BCUT2D eigenvalue weighted by Gasteiger charge is 2.42. The second-order valence-electron chi connectivity index (χ2n) is 8.35. The van der Waals surface area contributed by atoms with Crippen LogP contribution in [0, 0.1) is 0 Å². The van der Waals surface area contributed by atoms with Crippen molar-refractivity contribution in [3.05, 3.63) is 60.8 Å². The Kier molecular flexibility index (Phi) is 4.95. The molecule has 3 N–H and O–H groups in total. The molecule has 2 aliphatic heterocycles. The van der Waals surface area contributed by atoms with Crippen LogP contribution < -0.4 is 16.2 Å². The number of nitrogens with one attached hydrogen (secondary N) is 1. The SMILES string of the molecule is C=C(c1cc(N2CCCC3(CCO3)C2)ncn1)c1cc(-c2cnn(C)c2)ccc1NN. The van der Waals surface area contributed by atoms with E-state index in [9.17, 15) is 0 Å². The lowest BCUT2D eigenvalue weighted by molar-refractivity contribution is -0.151. The zero-order valence-electron chi connectivity index (χ0n) is 17.7. The van der Waals surface area contributed by atoms with Gasteiger partial charge in [-0.15, -0.1) is 0 Å². The van der Waals surface area contributed by atoms with Gasteiger partial charge in [0.25, 0.3) is 0 Å². The lowest BCUT2D eigenvalue weighted by Gasteiger charge is -2.48. The standard InChI is InChI=1S/C23H27N7O/c1-16(19-10-17(4-5-20(19)28-24)18-12-27-29(2)13-18)21-11-22(26-15-25-21)30-8-3-6-23(14-30)7-9-31-23/h4-5,10-13,15,28H,1,3,6-9,14,24H2,2H3. The van der Waals surface area contributed by atoms with E-state index >= 15 is 0 Å². The van der Waals surface area contributed by atoms with Crippen molar-refractivity contribution >= 4 is 17.1 Å². The van der Waals surface area contributed by atoms with Gasteiger partial charge in [0.1, 0.15) is 12.1 Å². The average molecular weight is 418 g/mol. The van der Waals surface area contributed by atoms with Gasteiger partial charge in [0.2, 0.25) is 0 Å². The number of nitrogens with two attached hydrogens (primary N) is 1. The fraction of sp³-hybridized carbons (Fsp3) is 0.348. The van der Waals surface area contributed by atoms with Gasteiger partial charge in [0, 0.05) is 55.5 Å². The molecule has 0 saturated carbocycles. The zero-order chi connectivity index (χ0) is 21.4. The number of hydrogen-bond donors (Lipinski definition) is 2. The van der Waals surface area contributed by atoms with Crippen LogP contribution in [0.25, 0.3) is 16.7 Å². The zero-order valence-corrected chi connectivity index (χ0v) is 17.7. The maximum atomic E-state index is 5.91. The molecule has 2 saturated heterocycles. The van der Waals surface area contributed by atoms with E-state index in [0.29, 0.717) is 0 Å². The molecule has 1 aromatic carbocycles. The Morgan fingerprint density at radius 1 is 1.23 bits per heavy atom. The normalized spacial score (nSPS) is 20.5. The second-order valence-corrected chi connectivity index (χ2v) is 8.35. The number of nitrogens with zero attached hydrogens (tertiary/aromatic N) is 5. The highest BCUT2D eigenvalue weighted by Crippen LogP contribution is 2.37. The molecule has 2 fully saturated rings. The summed E-state index contributed by atoms with van der Waals surface area (Å²) in [6, 6.07) is 8.04. The summed E-state index contributed by atoms with van der Waals surface area (Å²) < 4.78 is 7.70. The average Bonchev–Trinajstić information content (AvgIpc) is 3.23. The Morgan fingerprint density at radius 3 is 2.81 bits per heavy atom. The van der Waals surface area contributed by atoms with Crippen molar-refractivity contribution in [1.29, 1.82) is 0 Å². The molecule has 4 heterocycles. The van der Waals surface area contributed by atoms with Gasteiger partial charge in [-0.25, -0.2) is 9.97 Å². The van der Waals surface area contributed by atoms with Gasteiger partial charge in [-0.2, -0.15) is 5.10 Å². The second kappa shape index (κ2) is 7.79. The van der Waals surface area contributed by atoms with Gasteiger partial charge < -0.3 is 15.1 Å². The minimum atomic E-state index is 0.00899. The maximum absolute atomic E-state index is 5.91. The van der Waals surface area contributed by atoms with E-state index in [1.165, 1.54) is 0 Å². The topological polar surface area (TPSA) is 94.1 Å². The fourth-order valence-corrected chi connectivity index (χ4v) is 4.50. The summed E-state index contributed by atoms with van der Waals surface area (Å²) >= 11 is 0. The molecule has 0 amide bonds. The maximum Gasteiger partial charge on any atom is 0.132 e. The van der Waals surface area contributed by atoms with Crippen LogP contribution in [-0.4, -0.2) is 45.0 Å². The third-order valence-electron chi connectivity index (χ3n) is 6.33. The molecule has 8 heteroatoms. The van der Waals surface area contributed by atoms with E-state index in [1.54, 1.807) is 11.0 Å². The summed E-state index contributed by atoms with van der Waals surface area (Å²) in [5.41, 5.74) is 8.11. The van der Waals surface area contributed by atoms with Gasteiger partial charge in [-0.3, -0.25) is 10.5 Å². The Labute approximate surface area is 181 Å². The van der Waals surface area contributed by atoms with Crippen molar-refractivity contribution in [3.8, 4) is 11.1 Å². The largest absolute Gasteiger partial charge is 0.373 e. The Balaban J connectivity index is 1.45. The van der Waals surface area contributed by atoms with E-state index < -0.39 is 0 Å². The minimum Gasteiger partial charge on any atom is -0.373 e. The number of rotatable bonds is 5. The quantitative estimate of drug-likeness (QED) is 0.487. The van der Waals surface area contributed by atoms with Crippen molar-refractivity contribution in [2.45, 2.75) is 24.9 Å². The predicted octanol–water partition coefficient (Wildman–Crippen LogP) is 2.98. The van der Waals surface area contributed by atoms with Crippen LogP contribution in [0.4, 0.5) is 11.5 Å². The minimum absolute atomic E-state index is 0.00899. The highest BCUT2D eigenvalue weighted by molar-refractivity contribution is 5.86. The summed E-state index contributed by atoms with van der Waals surface area (Å²) in [5.74, 6) is 6.70. The van der Waals surface area contributed by atoms with Crippen LogP contribution in [0.5, 0.6) is 0 Å². The van der Waals surface area contributed by atoms with Crippen molar-refractivity contribution in [2.75, 3.05) is 30.0 Å². The number of aromatic nitrogens is 4. The number of hydrazine groups is 1. The summed E-state index contributed by atoms with van der Waals surface area (Å²) in [6.45, 7) is 7.05. The molecular weight excluding hydrogens is 390 g/mol. The lowest BCUT2D eigenvalue weighted by atomic mass is 9.86. The molecule has 5 rings (SSSR count). The molecular formula is C23H27N7O. The molecule has 2 aromatic heterocycles. The van der Waals surface area contributed by atoms with Gasteiger partial charge in [0.05, 0.1) is 29.8 Å².